The summed E-state index contributed by atoms with van der Waals surface area (Å²) in [6.45, 7) is 2.07. The number of hydrogen-bond acceptors (Lipinski definition) is 4. The van der Waals surface area contributed by atoms with Crippen molar-refractivity contribution in [1.82, 2.24) is 4.98 Å². The van der Waals surface area contributed by atoms with E-state index in [2.05, 4.69) is 16.9 Å². The SMILES string of the molecule is C[C@@]1(c2cccc(-c3cccnc3F)c2)CCSC(N)=N1.Cl.Cl. The Morgan fingerprint density at radius 1 is 1.22 bits per heavy atom. The molecule has 1 atom stereocenters. The average Bonchev–Trinajstić information content (AvgIpc) is 2.48. The maximum atomic E-state index is 13.8. The fourth-order valence-electron chi connectivity index (χ4n) is 2.52. The Morgan fingerprint density at radius 2 is 2.00 bits per heavy atom. The lowest BCUT2D eigenvalue weighted by molar-refractivity contribution is 0.482. The topological polar surface area (TPSA) is 51.3 Å². The molecule has 0 unspecified atom stereocenters. The number of aromatic nitrogens is 1. The molecule has 2 N–H and O–H groups in total. The highest BCUT2D eigenvalue weighted by Gasteiger charge is 2.29. The zero-order chi connectivity index (χ0) is 14.9. The molecule has 0 fully saturated rings. The maximum absolute atomic E-state index is 13.8. The van der Waals surface area contributed by atoms with Crippen molar-refractivity contribution < 1.29 is 4.39 Å². The summed E-state index contributed by atoms with van der Waals surface area (Å²) in [5.41, 5.74) is 7.88. The zero-order valence-electron chi connectivity index (χ0n) is 12.5. The minimum atomic E-state index is -0.456. The number of thioether (sulfide) groups is 1. The van der Waals surface area contributed by atoms with Gasteiger partial charge in [0.2, 0.25) is 5.95 Å². The van der Waals surface area contributed by atoms with Crippen molar-refractivity contribution >= 4 is 41.7 Å². The summed E-state index contributed by atoms with van der Waals surface area (Å²) < 4.78 is 13.8. The van der Waals surface area contributed by atoms with Gasteiger partial charge < -0.3 is 5.73 Å². The molecule has 3 nitrogen and oxygen atoms in total. The molecule has 2 aromatic rings. The third kappa shape index (κ3) is 4.16. The van der Waals surface area contributed by atoms with Gasteiger partial charge in [-0.15, -0.1) is 24.8 Å². The Kier molecular flexibility index (Phi) is 6.86. The first-order valence-corrected chi connectivity index (χ1v) is 7.77. The van der Waals surface area contributed by atoms with Gasteiger partial charge in [-0.25, -0.2) is 4.98 Å². The van der Waals surface area contributed by atoms with Crippen LogP contribution in [-0.2, 0) is 5.54 Å². The maximum Gasteiger partial charge on any atom is 0.220 e. The van der Waals surface area contributed by atoms with Crippen LogP contribution >= 0.6 is 36.6 Å². The smallest absolute Gasteiger partial charge is 0.220 e. The molecule has 0 spiro atoms. The van der Waals surface area contributed by atoms with E-state index in [4.69, 9.17) is 5.73 Å². The van der Waals surface area contributed by atoms with Crippen LogP contribution in [0.25, 0.3) is 11.1 Å². The van der Waals surface area contributed by atoms with Gasteiger partial charge in [-0.2, -0.15) is 4.39 Å². The molecule has 1 aromatic carbocycles. The van der Waals surface area contributed by atoms with E-state index in [1.807, 2.05) is 24.3 Å². The quantitative estimate of drug-likeness (QED) is 0.793. The molecule has 1 aliphatic heterocycles. The highest BCUT2D eigenvalue weighted by Crippen LogP contribution is 2.36. The Morgan fingerprint density at radius 3 is 2.70 bits per heavy atom. The van der Waals surface area contributed by atoms with Crippen LogP contribution in [0.3, 0.4) is 0 Å². The molecular weight excluding hydrogens is 356 g/mol. The normalized spacial score (nSPS) is 20.0. The van der Waals surface area contributed by atoms with Crippen LogP contribution in [-0.4, -0.2) is 15.9 Å². The minimum absolute atomic E-state index is 0. The van der Waals surface area contributed by atoms with Gasteiger partial charge in [0.05, 0.1) is 5.54 Å². The van der Waals surface area contributed by atoms with Crippen LogP contribution in [0.2, 0.25) is 0 Å². The number of rotatable bonds is 2. The summed E-state index contributed by atoms with van der Waals surface area (Å²) in [5, 5.41) is 0.613. The first-order valence-electron chi connectivity index (χ1n) is 6.78. The lowest BCUT2D eigenvalue weighted by atomic mass is 9.88. The number of pyridine rings is 1. The van der Waals surface area contributed by atoms with Crippen molar-refractivity contribution in [3.8, 4) is 11.1 Å². The molecule has 124 valence electrons. The van der Waals surface area contributed by atoms with Crippen LogP contribution in [0.4, 0.5) is 4.39 Å². The highest BCUT2D eigenvalue weighted by molar-refractivity contribution is 8.13. The number of halogens is 3. The molecule has 0 radical (unpaired) electrons. The number of hydrogen-bond donors (Lipinski definition) is 1. The van der Waals surface area contributed by atoms with E-state index in [9.17, 15) is 4.39 Å². The van der Waals surface area contributed by atoms with Gasteiger partial charge in [-0.1, -0.05) is 30.0 Å². The zero-order valence-corrected chi connectivity index (χ0v) is 15.0. The van der Waals surface area contributed by atoms with Crippen LogP contribution in [0.5, 0.6) is 0 Å². The Bertz CT molecular complexity index is 711. The fourth-order valence-corrected chi connectivity index (χ4v) is 3.49. The summed E-state index contributed by atoms with van der Waals surface area (Å²) in [5.74, 6) is 0.485. The molecule has 0 aliphatic carbocycles. The van der Waals surface area contributed by atoms with Crippen molar-refractivity contribution in [3.63, 3.8) is 0 Å². The van der Waals surface area contributed by atoms with Gasteiger partial charge in [0.15, 0.2) is 5.17 Å². The number of benzene rings is 1. The Labute approximate surface area is 151 Å². The predicted octanol–water partition coefficient (Wildman–Crippen LogP) is 4.40. The second kappa shape index (κ2) is 7.99. The minimum Gasteiger partial charge on any atom is -0.379 e. The van der Waals surface area contributed by atoms with Crippen molar-refractivity contribution in [2.45, 2.75) is 18.9 Å². The van der Waals surface area contributed by atoms with E-state index in [1.54, 1.807) is 23.9 Å². The summed E-state index contributed by atoms with van der Waals surface area (Å²) in [7, 11) is 0. The van der Waals surface area contributed by atoms with Gasteiger partial charge in [0.1, 0.15) is 0 Å². The van der Waals surface area contributed by atoms with Gasteiger partial charge in [-0.3, -0.25) is 4.99 Å². The van der Waals surface area contributed by atoms with Crippen molar-refractivity contribution in [3.05, 3.63) is 54.1 Å². The fraction of sp³-hybridized carbons (Fsp3) is 0.250. The van der Waals surface area contributed by atoms with Gasteiger partial charge in [0.25, 0.3) is 0 Å². The number of nitrogens with zero attached hydrogens (tertiary/aromatic N) is 2. The van der Waals surface area contributed by atoms with Crippen LogP contribution < -0.4 is 5.73 Å². The molecule has 1 aromatic heterocycles. The first-order chi connectivity index (χ1) is 10.1. The predicted molar refractivity (Wildman–Crippen MR) is 100 cm³/mol. The van der Waals surface area contributed by atoms with E-state index >= 15 is 0 Å². The molecule has 7 heteroatoms. The number of amidine groups is 1. The average molecular weight is 374 g/mol. The third-order valence-electron chi connectivity index (χ3n) is 3.75. The van der Waals surface area contributed by atoms with E-state index in [0.29, 0.717) is 10.7 Å². The molecule has 0 amide bonds. The largest absolute Gasteiger partial charge is 0.379 e. The van der Waals surface area contributed by atoms with E-state index in [0.717, 1.165) is 23.3 Å². The molecule has 3 rings (SSSR count). The van der Waals surface area contributed by atoms with Crippen molar-refractivity contribution in [2.24, 2.45) is 10.7 Å². The van der Waals surface area contributed by atoms with Crippen molar-refractivity contribution in [2.75, 3.05) is 5.75 Å². The lowest BCUT2D eigenvalue weighted by Crippen LogP contribution is -2.28. The van der Waals surface area contributed by atoms with E-state index in [-0.39, 0.29) is 30.4 Å². The van der Waals surface area contributed by atoms with Crippen LogP contribution in [0.15, 0.2) is 47.6 Å². The molecule has 23 heavy (non-hydrogen) atoms. The van der Waals surface area contributed by atoms with E-state index in [1.165, 1.54) is 6.20 Å². The molecule has 2 heterocycles. The third-order valence-corrected chi connectivity index (χ3v) is 4.55. The Balaban J connectivity index is 0.00000132. The first kappa shape index (κ1) is 19.7. The summed E-state index contributed by atoms with van der Waals surface area (Å²) >= 11 is 1.58. The second-order valence-electron chi connectivity index (χ2n) is 5.24. The molecular formula is C16H18Cl2FN3S. The van der Waals surface area contributed by atoms with Gasteiger partial charge in [0, 0.05) is 17.5 Å². The van der Waals surface area contributed by atoms with Crippen molar-refractivity contribution in [1.29, 1.82) is 0 Å². The van der Waals surface area contributed by atoms with E-state index < -0.39 is 5.95 Å². The number of aliphatic imine (C=N–C) groups is 1. The molecule has 1 aliphatic rings. The van der Waals surface area contributed by atoms with Crippen LogP contribution in [0, 0.1) is 5.95 Å². The van der Waals surface area contributed by atoms with Crippen LogP contribution in [0.1, 0.15) is 18.9 Å². The van der Waals surface area contributed by atoms with Gasteiger partial charge >= 0.3 is 0 Å². The summed E-state index contributed by atoms with van der Waals surface area (Å²) in [4.78, 5) is 8.30. The standard InChI is InChI=1S/C16H16FN3S.2ClH/c1-16(7-9-21-15(18)20-16)12-5-2-4-11(10-12)13-6-3-8-19-14(13)17;;/h2-6,8,10H,7,9H2,1H3,(H2,18,20);2*1H/t16-;;/m0../s1. The molecule has 0 saturated carbocycles. The molecule has 0 bridgehead atoms. The Hall–Kier alpha value is -1.30. The number of nitrogens with two attached hydrogens (primary N) is 1. The highest BCUT2D eigenvalue weighted by atomic mass is 35.5. The monoisotopic (exact) mass is 373 g/mol. The molecule has 0 saturated heterocycles. The lowest BCUT2D eigenvalue weighted by Gasteiger charge is -2.30. The summed E-state index contributed by atoms with van der Waals surface area (Å²) in [6, 6.07) is 11.3. The second-order valence-corrected chi connectivity index (χ2v) is 6.36. The summed E-state index contributed by atoms with van der Waals surface area (Å²) in [6.07, 6.45) is 2.37. The van der Waals surface area contributed by atoms with Gasteiger partial charge in [-0.05, 0) is 42.7 Å².